The van der Waals surface area contributed by atoms with Crippen LogP contribution < -0.4 is 0 Å². The van der Waals surface area contributed by atoms with E-state index < -0.39 is 0 Å². The van der Waals surface area contributed by atoms with Gasteiger partial charge in [-0.1, -0.05) is 29.8 Å². The van der Waals surface area contributed by atoms with Crippen molar-refractivity contribution in [1.82, 2.24) is 9.97 Å². The topological polar surface area (TPSA) is 52.5 Å². The summed E-state index contributed by atoms with van der Waals surface area (Å²) >= 11 is 6.30. The van der Waals surface area contributed by atoms with E-state index in [0.717, 1.165) is 16.6 Å². The molecule has 92 valence electrons. The van der Waals surface area contributed by atoms with Gasteiger partial charge in [-0.3, -0.25) is 0 Å². The molecule has 1 heterocycles. The van der Waals surface area contributed by atoms with Crippen molar-refractivity contribution in [2.24, 2.45) is 0 Å². The highest BCUT2D eigenvalue weighted by Crippen LogP contribution is 2.30. The molecule has 0 radical (unpaired) electrons. The third kappa shape index (κ3) is 1.87. The predicted octanol–water partition coefficient (Wildman–Crippen LogP) is 4.06. The Labute approximate surface area is 115 Å². The van der Waals surface area contributed by atoms with Crippen molar-refractivity contribution in [3.8, 4) is 17.5 Å². The number of rotatable bonds is 1. The minimum atomic E-state index is 0.559. The average Bonchev–Trinajstić information content (AvgIpc) is 2.85. The lowest BCUT2D eigenvalue weighted by atomic mass is 10.1. The fourth-order valence-electron chi connectivity index (χ4n) is 2.08. The monoisotopic (exact) mass is 267 g/mol. The van der Waals surface area contributed by atoms with Crippen molar-refractivity contribution < 1.29 is 0 Å². The molecule has 0 saturated carbocycles. The summed E-state index contributed by atoms with van der Waals surface area (Å²) in [5.74, 6) is 0.686. The van der Waals surface area contributed by atoms with Crippen molar-refractivity contribution in [3.63, 3.8) is 0 Å². The van der Waals surface area contributed by atoms with Crippen LogP contribution in [0.15, 0.2) is 36.4 Å². The van der Waals surface area contributed by atoms with Crippen LogP contribution in [0, 0.1) is 18.3 Å². The Balaban J connectivity index is 2.27. The van der Waals surface area contributed by atoms with Crippen molar-refractivity contribution >= 4 is 22.6 Å². The van der Waals surface area contributed by atoms with Crippen LogP contribution in [0.4, 0.5) is 0 Å². The molecule has 3 nitrogen and oxygen atoms in total. The summed E-state index contributed by atoms with van der Waals surface area (Å²) in [6.45, 7) is 1.95. The summed E-state index contributed by atoms with van der Waals surface area (Å²) in [6, 6.07) is 13.4. The molecule has 4 heteroatoms. The van der Waals surface area contributed by atoms with Gasteiger partial charge in [0.05, 0.1) is 16.1 Å². The highest BCUT2D eigenvalue weighted by atomic mass is 35.5. The summed E-state index contributed by atoms with van der Waals surface area (Å²) in [5, 5.41) is 9.76. The fourth-order valence-corrected chi connectivity index (χ4v) is 2.30. The zero-order valence-corrected chi connectivity index (χ0v) is 11.0. The molecule has 0 atom stereocenters. The van der Waals surface area contributed by atoms with E-state index in [1.54, 1.807) is 6.07 Å². The van der Waals surface area contributed by atoms with Crippen LogP contribution in [0.5, 0.6) is 0 Å². The number of para-hydroxylation sites is 1. The van der Waals surface area contributed by atoms with Crippen LogP contribution >= 0.6 is 11.6 Å². The Bertz CT molecular complexity index is 812. The third-order valence-electron chi connectivity index (χ3n) is 3.08. The van der Waals surface area contributed by atoms with Gasteiger partial charge in [0.25, 0.3) is 0 Å². The lowest BCUT2D eigenvalue weighted by Crippen LogP contribution is -1.84. The summed E-state index contributed by atoms with van der Waals surface area (Å²) in [7, 11) is 0. The second-order valence-corrected chi connectivity index (χ2v) is 4.71. The number of imidazole rings is 1. The van der Waals surface area contributed by atoms with E-state index in [0.29, 0.717) is 21.9 Å². The lowest BCUT2D eigenvalue weighted by molar-refractivity contribution is 1.32. The van der Waals surface area contributed by atoms with Crippen molar-refractivity contribution in [3.05, 3.63) is 52.5 Å². The molecule has 3 rings (SSSR count). The summed E-state index contributed by atoms with van der Waals surface area (Å²) in [5.41, 5.74) is 3.93. The lowest BCUT2D eigenvalue weighted by Gasteiger charge is -2.02. The number of nitrogens with one attached hydrogen (secondary N) is 1. The van der Waals surface area contributed by atoms with Gasteiger partial charge in [0.1, 0.15) is 17.4 Å². The van der Waals surface area contributed by atoms with E-state index in [1.165, 1.54) is 0 Å². The van der Waals surface area contributed by atoms with Crippen molar-refractivity contribution in [2.75, 3.05) is 0 Å². The maximum absolute atomic E-state index is 9.08. The number of H-pyrrole nitrogens is 1. The Morgan fingerprint density at radius 3 is 2.79 bits per heavy atom. The van der Waals surface area contributed by atoms with Gasteiger partial charge in [0, 0.05) is 5.56 Å². The molecule has 0 aliphatic heterocycles. The molecule has 1 aromatic heterocycles. The highest BCUT2D eigenvalue weighted by molar-refractivity contribution is 6.34. The van der Waals surface area contributed by atoms with Gasteiger partial charge in [-0.2, -0.15) is 5.26 Å². The molecule has 0 fully saturated rings. The van der Waals surface area contributed by atoms with Crippen molar-refractivity contribution in [2.45, 2.75) is 6.92 Å². The van der Waals surface area contributed by atoms with Gasteiger partial charge in [-0.05, 0) is 30.7 Å². The van der Waals surface area contributed by atoms with Gasteiger partial charge >= 0.3 is 0 Å². The van der Waals surface area contributed by atoms with Crippen LogP contribution in [0.1, 0.15) is 11.1 Å². The number of nitriles is 1. The molecule has 0 unspecified atom stereocenters. The van der Waals surface area contributed by atoms with Crippen LogP contribution in [0.2, 0.25) is 5.02 Å². The van der Waals surface area contributed by atoms with Crippen molar-refractivity contribution in [1.29, 1.82) is 5.26 Å². The smallest absolute Gasteiger partial charge is 0.140 e. The molecule has 0 amide bonds. The number of aryl methyl sites for hydroxylation is 1. The van der Waals surface area contributed by atoms with Crippen LogP contribution in [0.3, 0.4) is 0 Å². The van der Waals surface area contributed by atoms with Crippen LogP contribution in [-0.4, -0.2) is 9.97 Å². The summed E-state index contributed by atoms with van der Waals surface area (Å²) in [6.07, 6.45) is 0. The first kappa shape index (κ1) is 11.8. The number of aromatic nitrogens is 2. The largest absolute Gasteiger partial charge is 0.338 e. The van der Waals surface area contributed by atoms with E-state index in [-0.39, 0.29) is 0 Å². The highest BCUT2D eigenvalue weighted by Gasteiger charge is 2.12. The molecule has 0 spiro atoms. The Hall–Kier alpha value is -2.31. The standard InChI is InChI=1S/C15H10ClN3/c1-9-4-2-6-11(13(9)16)15-18-12-7-3-5-10(8-17)14(12)19-15/h2-7H,1H3,(H,18,19). The first-order chi connectivity index (χ1) is 9.20. The van der Waals surface area contributed by atoms with Gasteiger partial charge in [-0.25, -0.2) is 4.98 Å². The quantitative estimate of drug-likeness (QED) is 0.723. The minimum absolute atomic E-state index is 0.559. The maximum Gasteiger partial charge on any atom is 0.140 e. The number of nitrogens with zero attached hydrogens (tertiary/aromatic N) is 2. The summed E-state index contributed by atoms with van der Waals surface area (Å²) in [4.78, 5) is 7.70. The molecule has 0 bridgehead atoms. The number of hydrogen-bond acceptors (Lipinski definition) is 2. The van der Waals surface area contributed by atoms with Gasteiger partial charge in [0.2, 0.25) is 0 Å². The molecule has 1 N–H and O–H groups in total. The van der Waals surface area contributed by atoms with Crippen LogP contribution in [-0.2, 0) is 0 Å². The first-order valence-corrected chi connectivity index (χ1v) is 6.23. The molecule has 2 aromatic carbocycles. The van der Waals surface area contributed by atoms with Gasteiger partial charge in [0.15, 0.2) is 0 Å². The van der Waals surface area contributed by atoms with E-state index in [9.17, 15) is 0 Å². The Morgan fingerprint density at radius 1 is 1.21 bits per heavy atom. The second-order valence-electron chi connectivity index (χ2n) is 4.34. The van der Waals surface area contributed by atoms with E-state index in [2.05, 4.69) is 16.0 Å². The second kappa shape index (κ2) is 4.42. The number of fused-ring (bicyclic) bond motifs is 1. The first-order valence-electron chi connectivity index (χ1n) is 5.85. The molecule has 0 aliphatic rings. The number of aromatic amines is 1. The molecule has 19 heavy (non-hydrogen) atoms. The van der Waals surface area contributed by atoms with Crippen LogP contribution in [0.25, 0.3) is 22.4 Å². The average molecular weight is 268 g/mol. The SMILES string of the molecule is Cc1cccc(-c2nc3c(C#N)cccc3[nH]2)c1Cl. The Kier molecular flexibility index (Phi) is 2.73. The zero-order chi connectivity index (χ0) is 13.4. The van der Waals surface area contributed by atoms with E-state index in [1.807, 2.05) is 37.3 Å². The Morgan fingerprint density at radius 2 is 2.00 bits per heavy atom. The fraction of sp³-hybridized carbons (Fsp3) is 0.0667. The number of hydrogen-bond donors (Lipinski definition) is 1. The molecule has 3 aromatic rings. The number of halogens is 1. The molecular formula is C15H10ClN3. The number of benzene rings is 2. The zero-order valence-electron chi connectivity index (χ0n) is 10.2. The van der Waals surface area contributed by atoms with E-state index >= 15 is 0 Å². The molecule has 0 saturated heterocycles. The van der Waals surface area contributed by atoms with Gasteiger partial charge in [-0.15, -0.1) is 0 Å². The van der Waals surface area contributed by atoms with Gasteiger partial charge < -0.3 is 4.98 Å². The molecule has 0 aliphatic carbocycles. The maximum atomic E-state index is 9.08. The normalized spacial score (nSPS) is 10.6. The molecular weight excluding hydrogens is 258 g/mol. The predicted molar refractivity (Wildman–Crippen MR) is 76.0 cm³/mol. The summed E-state index contributed by atoms with van der Waals surface area (Å²) < 4.78 is 0. The third-order valence-corrected chi connectivity index (χ3v) is 3.58. The van der Waals surface area contributed by atoms with E-state index in [4.69, 9.17) is 16.9 Å². The minimum Gasteiger partial charge on any atom is -0.338 e.